The molecule has 6 nitrogen and oxygen atoms in total. The van der Waals surface area contributed by atoms with Gasteiger partial charge in [-0.1, -0.05) is 29.8 Å². The molecule has 26 heavy (non-hydrogen) atoms. The molecule has 146 valence electrons. The lowest BCUT2D eigenvalue weighted by Crippen LogP contribution is -2.44. The molecule has 6 heteroatoms. The van der Waals surface area contributed by atoms with E-state index in [1.54, 1.807) is 0 Å². The summed E-state index contributed by atoms with van der Waals surface area (Å²) in [5.41, 5.74) is 2.24. The molecule has 0 heterocycles. The molecular formula is C20H35N5O. The van der Waals surface area contributed by atoms with Crippen molar-refractivity contribution in [3.8, 4) is 0 Å². The molecule has 0 aromatic heterocycles. The average molecular weight is 362 g/mol. The number of aliphatic imine (C=N–C) groups is 1. The lowest BCUT2D eigenvalue weighted by Gasteiger charge is -2.26. The van der Waals surface area contributed by atoms with E-state index >= 15 is 0 Å². The summed E-state index contributed by atoms with van der Waals surface area (Å²) in [5, 5.41) is 9.47. The number of carbonyl (C=O) groups excluding carboxylic acids is 1. The molecule has 0 fully saturated rings. The lowest BCUT2D eigenvalue weighted by atomic mass is 10.0. The van der Waals surface area contributed by atoms with Gasteiger partial charge in [0.05, 0.1) is 6.04 Å². The average Bonchev–Trinajstić information content (AvgIpc) is 2.52. The third kappa shape index (κ3) is 8.34. The molecule has 3 N–H and O–H groups in total. The summed E-state index contributed by atoms with van der Waals surface area (Å²) in [6.45, 7) is 11.5. The van der Waals surface area contributed by atoms with Gasteiger partial charge in [0.1, 0.15) is 6.54 Å². The van der Waals surface area contributed by atoms with E-state index in [1.807, 2.05) is 27.7 Å². The second-order valence-corrected chi connectivity index (χ2v) is 7.76. The maximum Gasteiger partial charge on any atom is 0.242 e. The van der Waals surface area contributed by atoms with E-state index in [9.17, 15) is 4.79 Å². The normalized spacial score (nSPS) is 13.5. The van der Waals surface area contributed by atoms with Crippen molar-refractivity contribution in [3.63, 3.8) is 0 Å². The molecule has 1 amide bonds. The summed E-state index contributed by atoms with van der Waals surface area (Å²) in [5.74, 6) is 0.563. The highest BCUT2D eigenvalue weighted by molar-refractivity contribution is 5.85. The second-order valence-electron chi connectivity index (χ2n) is 7.76. The zero-order chi connectivity index (χ0) is 19.7. The Balaban J connectivity index is 2.73. The Kier molecular flexibility index (Phi) is 8.58. The maximum atomic E-state index is 12.0. The van der Waals surface area contributed by atoms with Crippen LogP contribution in [0.4, 0.5) is 0 Å². The summed E-state index contributed by atoms with van der Waals surface area (Å²) in [6.07, 6.45) is 0. The van der Waals surface area contributed by atoms with Gasteiger partial charge in [-0.25, -0.2) is 4.99 Å². The highest BCUT2D eigenvalue weighted by Gasteiger charge is 2.16. The number of guanidine groups is 1. The molecule has 0 saturated carbocycles. The fraction of sp³-hybridized carbons (Fsp3) is 0.600. The van der Waals surface area contributed by atoms with E-state index in [1.165, 1.54) is 11.1 Å². The molecule has 1 rings (SSSR count). The predicted octanol–water partition coefficient (Wildman–Crippen LogP) is 2.07. The van der Waals surface area contributed by atoms with Gasteiger partial charge in [-0.3, -0.25) is 4.79 Å². The van der Waals surface area contributed by atoms with Gasteiger partial charge < -0.3 is 20.9 Å². The number of amides is 1. The zero-order valence-electron chi connectivity index (χ0n) is 17.3. The summed E-state index contributed by atoms with van der Waals surface area (Å²) in [4.78, 5) is 18.6. The summed E-state index contributed by atoms with van der Waals surface area (Å²) in [7, 11) is 4.13. The molecule has 1 atom stereocenters. The highest BCUT2D eigenvalue weighted by atomic mass is 16.2. The van der Waals surface area contributed by atoms with Crippen LogP contribution in [0.2, 0.25) is 0 Å². The zero-order valence-corrected chi connectivity index (χ0v) is 17.3. The Labute approximate surface area is 158 Å². The third-order valence-corrected chi connectivity index (χ3v) is 3.79. The van der Waals surface area contributed by atoms with Crippen LogP contribution in [0.25, 0.3) is 0 Å². The van der Waals surface area contributed by atoms with Crippen molar-refractivity contribution in [2.75, 3.05) is 33.7 Å². The number of rotatable bonds is 7. The molecule has 1 unspecified atom stereocenters. The smallest absolute Gasteiger partial charge is 0.242 e. The molecule has 1 aromatic rings. The molecular weight excluding hydrogens is 326 g/mol. The standard InChI is InChI=1S/C20H35N5O/c1-8-21-19(23-14-18(26)24-20(3,4)5)22-13-17(25(6)7)16-11-9-15(2)10-12-16/h9-12,17H,8,13-14H2,1-7H3,(H,24,26)(H2,21,22,23). The van der Waals surface area contributed by atoms with Crippen LogP contribution in [-0.2, 0) is 4.79 Å². The number of likely N-dealkylation sites (N-methyl/N-ethyl adjacent to an activating group) is 1. The Morgan fingerprint density at radius 1 is 1.15 bits per heavy atom. The number of carbonyl (C=O) groups is 1. The molecule has 0 radical (unpaired) electrons. The fourth-order valence-corrected chi connectivity index (χ4v) is 2.53. The van der Waals surface area contributed by atoms with Crippen molar-refractivity contribution in [1.82, 2.24) is 20.9 Å². The Morgan fingerprint density at radius 3 is 2.27 bits per heavy atom. The summed E-state index contributed by atoms with van der Waals surface area (Å²) >= 11 is 0. The van der Waals surface area contributed by atoms with Crippen molar-refractivity contribution in [2.24, 2.45) is 4.99 Å². The predicted molar refractivity (Wildman–Crippen MR) is 109 cm³/mol. The Bertz CT molecular complexity index is 587. The molecule has 0 bridgehead atoms. The van der Waals surface area contributed by atoms with Crippen LogP contribution in [0.3, 0.4) is 0 Å². The number of nitrogens with one attached hydrogen (secondary N) is 3. The monoisotopic (exact) mass is 361 g/mol. The molecule has 0 aliphatic carbocycles. The van der Waals surface area contributed by atoms with E-state index in [-0.39, 0.29) is 24.0 Å². The van der Waals surface area contributed by atoms with E-state index in [0.29, 0.717) is 12.5 Å². The van der Waals surface area contributed by atoms with Crippen LogP contribution in [-0.4, -0.2) is 56.0 Å². The van der Waals surface area contributed by atoms with Crippen LogP contribution in [0.15, 0.2) is 29.3 Å². The minimum absolute atomic E-state index is 0.0857. The number of hydrogen-bond acceptors (Lipinski definition) is 3. The van der Waals surface area contributed by atoms with E-state index in [0.717, 1.165) is 6.54 Å². The van der Waals surface area contributed by atoms with Crippen molar-refractivity contribution in [2.45, 2.75) is 46.2 Å². The first kappa shape index (κ1) is 22.0. The third-order valence-electron chi connectivity index (χ3n) is 3.79. The van der Waals surface area contributed by atoms with Crippen LogP contribution < -0.4 is 16.0 Å². The van der Waals surface area contributed by atoms with Gasteiger partial charge in [0.2, 0.25) is 5.91 Å². The van der Waals surface area contributed by atoms with Gasteiger partial charge in [-0.2, -0.15) is 0 Å². The van der Waals surface area contributed by atoms with Crippen molar-refractivity contribution >= 4 is 11.9 Å². The molecule has 0 aliphatic heterocycles. The van der Waals surface area contributed by atoms with E-state index < -0.39 is 0 Å². The molecule has 0 spiro atoms. The highest BCUT2D eigenvalue weighted by Crippen LogP contribution is 2.17. The first-order valence-corrected chi connectivity index (χ1v) is 9.18. The molecule has 0 aliphatic rings. The van der Waals surface area contributed by atoms with Crippen LogP contribution in [0.5, 0.6) is 0 Å². The minimum atomic E-state index is -0.250. The maximum absolute atomic E-state index is 12.0. The number of benzene rings is 1. The van der Waals surface area contributed by atoms with Crippen molar-refractivity contribution in [1.29, 1.82) is 0 Å². The minimum Gasteiger partial charge on any atom is -0.357 e. The van der Waals surface area contributed by atoms with E-state index in [2.05, 4.69) is 71.1 Å². The molecule has 1 aromatic carbocycles. The lowest BCUT2D eigenvalue weighted by molar-refractivity contribution is -0.121. The van der Waals surface area contributed by atoms with Crippen molar-refractivity contribution in [3.05, 3.63) is 35.4 Å². The van der Waals surface area contributed by atoms with Crippen molar-refractivity contribution < 1.29 is 4.79 Å². The Morgan fingerprint density at radius 2 is 1.77 bits per heavy atom. The van der Waals surface area contributed by atoms with Gasteiger partial charge in [-0.05, 0) is 54.3 Å². The molecule has 0 saturated heterocycles. The largest absolute Gasteiger partial charge is 0.357 e. The number of aryl methyl sites for hydroxylation is 1. The topological polar surface area (TPSA) is 68.8 Å². The van der Waals surface area contributed by atoms with E-state index in [4.69, 9.17) is 0 Å². The number of nitrogens with zero attached hydrogens (tertiary/aromatic N) is 2. The van der Waals surface area contributed by atoms with Crippen LogP contribution >= 0.6 is 0 Å². The fourth-order valence-electron chi connectivity index (χ4n) is 2.53. The van der Waals surface area contributed by atoms with Crippen LogP contribution in [0, 0.1) is 6.92 Å². The van der Waals surface area contributed by atoms with Gasteiger partial charge >= 0.3 is 0 Å². The second kappa shape index (κ2) is 10.2. The first-order chi connectivity index (χ1) is 12.1. The summed E-state index contributed by atoms with van der Waals surface area (Å²) in [6, 6.07) is 8.78. The SMILES string of the molecule is CCNC(=NCC(=O)NC(C)(C)C)NCC(c1ccc(C)cc1)N(C)C. The van der Waals surface area contributed by atoms with Gasteiger partial charge in [-0.15, -0.1) is 0 Å². The Hall–Kier alpha value is -2.08. The van der Waals surface area contributed by atoms with Gasteiger partial charge in [0, 0.05) is 18.6 Å². The first-order valence-electron chi connectivity index (χ1n) is 9.18. The van der Waals surface area contributed by atoms with Gasteiger partial charge in [0.25, 0.3) is 0 Å². The van der Waals surface area contributed by atoms with Gasteiger partial charge in [0.15, 0.2) is 5.96 Å². The summed E-state index contributed by atoms with van der Waals surface area (Å²) < 4.78 is 0. The van der Waals surface area contributed by atoms with Crippen LogP contribution in [0.1, 0.15) is 44.9 Å². The quantitative estimate of drug-likeness (QED) is 0.514. The number of hydrogen-bond donors (Lipinski definition) is 3.